The van der Waals surface area contributed by atoms with Crippen molar-refractivity contribution in [3.63, 3.8) is 0 Å². The molecule has 27 heavy (non-hydrogen) atoms. The number of nitrogens with zero attached hydrogens (tertiary/aromatic N) is 1. The second-order valence-corrected chi connectivity index (χ2v) is 7.11. The van der Waals surface area contributed by atoms with Crippen molar-refractivity contribution in [1.82, 2.24) is 0 Å². The van der Waals surface area contributed by atoms with Crippen molar-refractivity contribution in [2.75, 3.05) is 13.2 Å². The molecule has 0 N–H and O–H groups in total. The minimum Gasteiger partial charge on any atom is -0.486 e. The number of para-hydroxylation sites is 1. The topological polar surface area (TPSA) is 39.4 Å². The first kappa shape index (κ1) is 16.1. The second kappa shape index (κ2) is 6.23. The van der Waals surface area contributed by atoms with Crippen molar-refractivity contribution in [3.05, 3.63) is 77.6 Å². The van der Waals surface area contributed by atoms with E-state index in [2.05, 4.69) is 13.0 Å². The molecule has 2 heterocycles. The molecular formula is C23H20NO3+. The van der Waals surface area contributed by atoms with Crippen LogP contribution in [0, 0.1) is 6.92 Å². The number of fused-ring (bicyclic) bond motifs is 2. The number of aromatic nitrogens is 1. The molecule has 1 aromatic heterocycles. The van der Waals surface area contributed by atoms with Crippen LogP contribution in [0.1, 0.15) is 27.5 Å². The number of carbonyl (C=O) groups is 1. The number of benzene rings is 2. The van der Waals surface area contributed by atoms with Crippen molar-refractivity contribution >= 4 is 5.78 Å². The quantitative estimate of drug-likeness (QED) is 0.656. The lowest BCUT2D eigenvalue weighted by Crippen LogP contribution is -2.42. The molecule has 1 aliphatic carbocycles. The normalized spacial score (nSPS) is 17.7. The maximum Gasteiger partial charge on any atom is 0.231 e. The van der Waals surface area contributed by atoms with Gasteiger partial charge in [0, 0.05) is 29.7 Å². The Kier molecular flexibility index (Phi) is 3.71. The molecular weight excluding hydrogens is 338 g/mol. The molecule has 4 nitrogen and oxygen atoms in total. The maximum atomic E-state index is 12.8. The third kappa shape index (κ3) is 2.69. The van der Waals surface area contributed by atoms with E-state index in [1.165, 1.54) is 5.56 Å². The largest absolute Gasteiger partial charge is 0.486 e. The van der Waals surface area contributed by atoms with Crippen LogP contribution in [-0.4, -0.2) is 19.0 Å². The second-order valence-electron chi connectivity index (χ2n) is 7.11. The Bertz CT molecular complexity index is 1040. The van der Waals surface area contributed by atoms with Gasteiger partial charge in [0.25, 0.3) is 0 Å². The van der Waals surface area contributed by atoms with Gasteiger partial charge in [-0.15, -0.1) is 0 Å². The van der Waals surface area contributed by atoms with Crippen molar-refractivity contribution in [2.24, 2.45) is 0 Å². The zero-order chi connectivity index (χ0) is 18.4. The van der Waals surface area contributed by atoms with Crippen molar-refractivity contribution in [3.8, 4) is 22.6 Å². The van der Waals surface area contributed by atoms with Crippen LogP contribution < -0.4 is 14.0 Å². The number of hydrogen-bond donors (Lipinski definition) is 0. The molecule has 1 atom stereocenters. The summed E-state index contributed by atoms with van der Waals surface area (Å²) in [4.78, 5) is 12.8. The lowest BCUT2D eigenvalue weighted by atomic mass is 10.0. The van der Waals surface area contributed by atoms with Crippen LogP contribution in [0.5, 0.6) is 11.5 Å². The van der Waals surface area contributed by atoms with Gasteiger partial charge in [0.2, 0.25) is 11.8 Å². The summed E-state index contributed by atoms with van der Waals surface area (Å²) < 4.78 is 13.5. The molecule has 0 radical (unpaired) electrons. The number of ketones is 1. The Morgan fingerprint density at radius 2 is 1.78 bits per heavy atom. The molecule has 4 heteroatoms. The number of pyridine rings is 1. The lowest BCUT2D eigenvalue weighted by Gasteiger charge is -2.20. The van der Waals surface area contributed by atoms with Gasteiger partial charge in [0.1, 0.15) is 13.2 Å². The summed E-state index contributed by atoms with van der Waals surface area (Å²) in [6, 6.07) is 15.9. The van der Waals surface area contributed by atoms with Crippen LogP contribution in [0.3, 0.4) is 0 Å². The molecule has 5 rings (SSSR count). The summed E-state index contributed by atoms with van der Waals surface area (Å²) >= 11 is 0. The summed E-state index contributed by atoms with van der Waals surface area (Å²) in [7, 11) is 0. The summed E-state index contributed by atoms with van der Waals surface area (Å²) in [6.45, 7) is 3.20. The third-order valence-electron chi connectivity index (χ3n) is 5.33. The van der Waals surface area contributed by atoms with Gasteiger partial charge in [-0.1, -0.05) is 35.9 Å². The van der Waals surface area contributed by atoms with E-state index in [1.807, 2.05) is 59.4 Å². The summed E-state index contributed by atoms with van der Waals surface area (Å²) in [5.41, 5.74) is 5.25. The average molecular weight is 358 g/mol. The fourth-order valence-electron chi connectivity index (χ4n) is 3.98. The minimum absolute atomic E-state index is 0.167. The number of carbonyl (C=O) groups excluding carboxylic acids is 1. The smallest absolute Gasteiger partial charge is 0.231 e. The number of hydrogen-bond acceptors (Lipinski definition) is 3. The standard InChI is InChI=1S/C23H20NO3/c1-15-5-6-18-17(13-15)14-20(22(18)25)24-9-7-16(8-10-24)19-3-2-4-21-23(19)27-12-11-26-21/h2-10,13,20H,11-12,14H2,1H3/q+1. The molecule has 0 amide bonds. The van der Waals surface area contributed by atoms with Gasteiger partial charge in [-0.05, 0) is 24.1 Å². The lowest BCUT2D eigenvalue weighted by molar-refractivity contribution is -0.706. The molecule has 0 spiro atoms. The van der Waals surface area contributed by atoms with Crippen molar-refractivity contribution in [1.29, 1.82) is 0 Å². The minimum atomic E-state index is -0.167. The first-order chi connectivity index (χ1) is 13.2. The first-order valence-electron chi connectivity index (χ1n) is 9.24. The monoisotopic (exact) mass is 358 g/mol. The van der Waals surface area contributed by atoms with Crippen LogP contribution in [0.2, 0.25) is 0 Å². The predicted octanol–water partition coefficient (Wildman–Crippen LogP) is 3.70. The van der Waals surface area contributed by atoms with E-state index in [1.54, 1.807) is 0 Å². The van der Waals surface area contributed by atoms with Crippen LogP contribution in [0.15, 0.2) is 60.9 Å². The van der Waals surface area contributed by atoms with Gasteiger partial charge >= 0.3 is 0 Å². The molecule has 3 aromatic rings. The SMILES string of the molecule is Cc1ccc2c(c1)CC([n+]1ccc(-c3cccc4c3OCCO4)cc1)C2=O. The highest BCUT2D eigenvalue weighted by Crippen LogP contribution is 2.39. The Hall–Kier alpha value is -3.14. The number of aryl methyl sites for hydroxylation is 1. The van der Waals surface area contributed by atoms with E-state index in [9.17, 15) is 4.79 Å². The van der Waals surface area contributed by atoms with Crippen LogP contribution in [0.4, 0.5) is 0 Å². The fraction of sp³-hybridized carbons (Fsp3) is 0.217. The molecule has 134 valence electrons. The molecule has 1 aliphatic heterocycles. The Labute approximate surface area is 158 Å². The molecule has 2 aromatic carbocycles. The molecule has 1 unspecified atom stereocenters. The highest BCUT2D eigenvalue weighted by molar-refractivity contribution is 6.02. The Morgan fingerprint density at radius 1 is 0.963 bits per heavy atom. The summed E-state index contributed by atoms with van der Waals surface area (Å²) in [5.74, 6) is 1.77. The molecule has 0 saturated heterocycles. The predicted molar refractivity (Wildman–Crippen MR) is 101 cm³/mol. The number of Topliss-reactive ketones (excluding diaryl/α,β-unsaturated/α-hetero) is 1. The van der Waals surface area contributed by atoms with Crippen molar-refractivity contribution < 1.29 is 18.8 Å². The van der Waals surface area contributed by atoms with Crippen LogP contribution in [0.25, 0.3) is 11.1 Å². The van der Waals surface area contributed by atoms with Gasteiger partial charge in [0.05, 0.1) is 0 Å². The van der Waals surface area contributed by atoms with Crippen molar-refractivity contribution in [2.45, 2.75) is 19.4 Å². The Balaban J connectivity index is 1.46. The average Bonchev–Trinajstić information content (AvgIpc) is 3.03. The maximum absolute atomic E-state index is 12.8. The highest BCUT2D eigenvalue weighted by atomic mass is 16.6. The van der Waals surface area contributed by atoms with Crippen LogP contribution >= 0.6 is 0 Å². The van der Waals surface area contributed by atoms with E-state index in [0.29, 0.717) is 13.2 Å². The van der Waals surface area contributed by atoms with E-state index in [0.717, 1.165) is 40.2 Å². The van der Waals surface area contributed by atoms with E-state index in [-0.39, 0.29) is 11.8 Å². The van der Waals surface area contributed by atoms with Gasteiger partial charge in [-0.2, -0.15) is 4.57 Å². The van der Waals surface area contributed by atoms with E-state index < -0.39 is 0 Å². The molecule has 0 fully saturated rings. The zero-order valence-corrected chi connectivity index (χ0v) is 15.1. The molecule has 2 aliphatic rings. The highest BCUT2D eigenvalue weighted by Gasteiger charge is 2.37. The summed E-state index contributed by atoms with van der Waals surface area (Å²) in [6.07, 6.45) is 4.72. The number of ether oxygens (including phenoxy) is 2. The number of rotatable bonds is 2. The third-order valence-corrected chi connectivity index (χ3v) is 5.33. The first-order valence-corrected chi connectivity index (χ1v) is 9.24. The van der Waals surface area contributed by atoms with E-state index in [4.69, 9.17) is 9.47 Å². The Morgan fingerprint density at radius 3 is 2.63 bits per heavy atom. The van der Waals surface area contributed by atoms with Crippen LogP contribution in [-0.2, 0) is 6.42 Å². The molecule has 0 saturated carbocycles. The van der Waals surface area contributed by atoms with Gasteiger partial charge < -0.3 is 9.47 Å². The van der Waals surface area contributed by atoms with Gasteiger partial charge in [-0.3, -0.25) is 4.79 Å². The molecule has 0 bridgehead atoms. The zero-order valence-electron chi connectivity index (χ0n) is 15.1. The fourth-order valence-corrected chi connectivity index (χ4v) is 3.98. The van der Waals surface area contributed by atoms with E-state index >= 15 is 0 Å². The summed E-state index contributed by atoms with van der Waals surface area (Å²) in [5, 5.41) is 0. The van der Waals surface area contributed by atoms with Gasteiger partial charge in [0.15, 0.2) is 23.9 Å². The van der Waals surface area contributed by atoms with Gasteiger partial charge in [-0.25, -0.2) is 0 Å².